The van der Waals surface area contributed by atoms with Crippen LogP contribution < -0.4 is 10.6 Å². The maximum absolute atomic E-state index is 12.2. The number of aromatic nitrogens is 3. The summed E-state index contributed by atoms with van der Waals surface area (Å²) in [7, 11) is -3.47. The van der Waals surface area contributed by atoms with Crippen LogP contribution in [0.5, 0.6) is 0 Å². The third-order valence-corrected chi connectivity index (χ3v) is 7.28. The minimum Gasteiger partial charge on any atom is -0.465 e. The fourth-order valence-corrected chi connectivity index (χ4v) is 5.44. The SMILES string of the molecule is CS(=O)(=O)c1ccncc1Nc1cc(-c2ccc3sc(NC(=O)O)cc3c2)c2nccnc2c1. The quantitative estimate of drug-likeness (QED) is 0.307. The Morgan fingerprint density at radius 3 is 2.65 bits per heavy atom. The Labute approximate surface area is 198 Å². The molecule has 0 spiro atoms. The van der Waals surface area contributed by atoms with Crippen LogP contribution in [0.3, 0.4) is 0 Å². The van der Waals surface area contributed by atoms with Gasteiger partial charge in [0.1, 0.15) is 0 Å². The highest BCUT2D eigenvalue weighted by Crippen LogP contribution is 2.36. The topological polar surface area (TPSA) is 134 Å². The van der Waals surface area contributed by atoms with Crippen molar-refractivity contribution in [3.05, 3.63) is 67.3 Å². The molecule has 2 aromatic carbocycles. The van der Waals surface area contributed by atoms with Gasteiger partial charge in [0.2, 0.25) is 0 Å². The van der Waals surface area contributed by atoms with Gasteiger partial charge in [-0.2, -0.15) is 0 Å². The molecular weight excluding hydrogens is 474 g/mol. The zero-order chi connectivity index (χ0) is 23.9. The number of rotatable bonds is 5. The highest BCUT2D eigenvalue weighted by atomic mass is 32.2. The first kappa shape index (κ1) is 21.7. The number of pyridine rings is 1. The molecule has 0 unspecified atom stereocenters. The zero-order valence-corrected chi connectivity index (χ0v) is 19.3. The number of amides is 1. The Kier molecular flexibility index (Phi) is 5.34. The van der Waals surface area contributed by atoms with Crippen LogP contribution in [0, 0.1) is 0 Å². The second-order valence-electron chi connectivity index (χ2n) is 7.51. The molecule has 0 radical (unpaired) electrons. The summed E-state index contributed by atoms with van der Waals surface area (Å²) >= 11 is 1.35. The molecule has 0 fully saturated rings. The molecule has 3 N–H and O–H groups in total. The van der Waals surface area contributed by atoms with E-state index in [9.17, 15) is 13.2 Å². The van der Waals surface area contributed by atoms with E-state index in [-0.39, 0.29) is 4.90 Å². The maximum Gasteiger partial charge on any atom is 0.409 e. The number of anilines is 3. The van der Waals surface area contributed by atoms with Gasteiger partial charge in [0.25, 0.3) is 0 Å². The summed E-state index contributed by atoms with van der Waals surface area (Å²) in [6.45, 7) is 0. The fraction of sp³-hybridized carbons (Fsp3) is 0.0435. The highest BCUT2D eigenvalue weighted by Gasteiger charge is 2.15. The fourth-order valence-electron chi connectivity index (χ4n) is 3.70. The van der Waals surface area contributed by atoms with E-state index in [1.165, 1.54) is 29.8 Å². The Balaban J connectivity index is 1.63. The van der Waals surface area contributed by atoms with Gasteiger partial charge in [-0.15, -0.1) is 11.3 Å². The summed E-state index contributed by atoms with van der Waals surface area (Å²) < 4.78 is 25.3. The Morgan fingerprint density at radius 1 is 1.03 bits per heavy atom. The summed E-state index contributed by atoms with van der Waals surface area (Å²) in [4.78, 5) is 24.1. The molecule has 3 aromatic heterocycles. The van der Waals surface area contributed by atoms with Crippen molar-refractivity contribution in [2.24, 2.45) is 0 Å². The number of benzene rings is 2. The van der Waals surface area contributed by atoms with Crippen molar-refractivity contribution in [1.29, 1.82) is 0 Å². The molecule has 5 rings (SSSR count). The van der Waals surface area contributed by atoms with Crippen LogP contribution in [0.4, 0.5) is 21.2 Å². The largest absolute Gasteiger partial charge is 0.465 e. The predicted octanol–water partition coefficient (Wildman–Crippen LogP) is 5.14. The van der Waals surface area contributed by atoms with Crippen LogP contribution in [-0.2, 0) is 9.84 Å². The molecule has 0 aliphatic carbocycles. The van der Waals surface area contributed by atoms with Crippen molar-refractivity contribution in [1.82, 2.24) is 15.0 Å². The first-order chi connectivity index (χ1) is 16.3. The number of sulfone groups is 1. The minimum absolute atomic E-state index is 0.140. The van der Waals surface area contributed by atoms with E-state index in [0.717, 1.165) is 27.5 Å². The van der Waals surface area contributed by atoms with Crippen LogP contribution in [0.25, 0.3) is 32.2 Å². The second-order valence-corrected chi connectivity index (χ2v) is 10.6. The average molecular weight is 492 g/mol. The smallest absolute Gasteiger partial charge is 0.409 e. The van der Waals surface area contributed by atoms with Gasteiger partial charge < -0.3 is 10.4 Å². The molecule has 0 saturated heterocycles. The molecule has 0 saturated carbocycles. The van der Waals surface area contributed by atoms with Crippen LogP contribution in [0.15, 0.2) is 72.1 Å². The number of nitrogens with zero attached hydrogens (tertiary/aromatic N) is 3. The average Bonchev–Trinajstić information content (AvgIpc) is 3.19. The lowest BCUT2D eigenvalue weighted by molar-refractivity contribution is 0.210. The van der Waals surface area contributed by atoms with Crippen LogP contribution in [0.1, 0.15) is 0 Å². The minimum atomic E-state index is -3.47. The summed E-state index contributed by atoms with van der Waals surface area (Å²) in [5.41, 5.74) is 3.94. The zero-order valence-electron chi connectivity index (χ0n) is 17.7. The lowest BCUT2D eigenvalue weighted by Crippen LogP contribution is -2.05. The van der Waals surface area contributed by atoms with Crippen molar-refractivity contribution in [3.63, 3.8) is 0 Å². The van der Waals surface area contributed by atoms with Crippen LogP contribution in [0.2, 0.25) is 0 Å². The summed E-state index contributed by atoms with van der Waals surface area (Å²) in [5, 5.41) is 16.0. The van der Waals surface area contributed by atoms with Gasteiger partial charge >= 0.3 is 6.09 Å². The van der Waals surface area contributed by atoms with Crippen molar-refractivity contribution < 1.29 is 18.3 Å². The molecule has 3 heterocycles. The van der Waals surface area contributed by atoms with Gasteiger partial charge in [-0.05, 0) is 47.3 Å². The van der Waals surface area contributed by atoms with E-state index >= 15 is 0 Å². The lowest BCUT2D eigenvalue weighted by Gasteiger charge is -2.13. The normalized spacial score (nSPS) is 11.6. The third kappa shape index (κ3) is 4.26. The van der Waals surface area contributed by atoms with Crippen molar-refractivity contribution >= 4 is 64.8 Å². The number of thiophene rings is 1. The molecule has 0 bridgehead atoms. The van der Waals surface area contributed by atoms with Crippen molar-refractivity contribution in [2.45, 2.75) is 4.90 Å². The molecule has 9 nitrogen and oxygen atoms in total. The number of hydrogen-bond acceptors (Lipinski definition) is 8. The van der Waals surface area contributed by atoms with E-state index in [2.05, 4.69) is 25.6 Å². The summed E-state index contributed by atoms with van der Waals surface area (Å²) in [6, 6.07) is 12.7. The first-order valence-corrected chi connectivity index (χ1v) is 12.7. The molecule has 11 heteroatoms. The number of fused-ring (bicyclic) bond motifs is 2. The summed E-state index contributed by atoms with van der Waals surface area (Å²) in [5.74, 6) is 0. The molecule has 5 aromatic rings. The van der Waals surface area contributed by atoms with E-state index in [1.807, 2.05) is 24.3 Å². The van der Waals surface area contributed by atoms with Crippen LogP contribution in [-0.4, -0.2) is 40.8 Å². The molecular formula is C23H17N5O4S2. The van der Waals surface area contributed by atoms with E-state index in [0.29, 0.717) is 27.4 Å². The van der Waals surface area contributed by atoms with Crippen molar-refractivity contribution in [3.8, 4) is 11.1 Å². The van der Waals surface area contributed by atoms with Gasteiger partial charge in [-0.1, -0.05) is 6.07 Å². The summed E-state index contributed by atoms with van der Waals surface area (Å²) in [6.07, 6.45) is 6.13. The predicted molar refractivity (Wildman–Crippen MR) is 133 cm³/mol. The van der Waals surface area contributed by atoms with Crippen LogP contribution >= 0.6 is 11.3 Å². The second kappa shape index (κ2) is 8.36. The van der Waals surface area contributed by atoms with Gasteiger partial charge in [0, 0.05) is 40.8 Å². The highest BCUT2D eigenvalue weighted by molar-refractivity contribution is 7.90. The molecule has 0 aliphatic heterocycles. The number of nitrogens with one attached hydrogen (secondary N) is 2. The standard InChI is InChI=1S/C23H17N5O4S2/c1-34(31,32)20-4-5-24-12-18(20)27-15-10-16(22-17(11-15)25-6-7-26-22)13-2-3-19-14(8-13)9-21(33-19)28-23(29)30/h2-12,27-28H,1H3,(H,29,30). The van der Waals surface area contributed by atoms with Gasteiger partial charge in [0.15, 0.2) is 9.84 Å². The van der Waals surface area contributed by atoms with Gasteiger partial charge in [-0.25, -0.2) is 13.2 Å². The van der Waals surface area contributed by atoms with Gasteiger partial charge in [-0.3, -0.25) is 20.3 Å². The molecule has 34 heavy (non-hydrogen) atoms. The Morgan fingerprint density at radius 2 is 1.85 bits per heavy atom. The number of carbonyl (C=O) groups is 1. The third-order valence-electron chi connectivity index (χ3n) is 5.09. The van der Waals surface area contributed by atoms with Gasteiger partial charge in [0.05, 0.1) is 32.8 Å². The first-order valence-electron chi connectivity index (χ1n) is 9.98. The lowest BCUT2D eigenvalue weighted by atomic mass is 10.0. The van der Waals surface area contributed by atoms with E-state index < -0.39 is 15.9 Å². The molecule has 0 atom stereocenters. The maximum atomic E-state index is 12.2. The van der Waals surface area contributed by atoms with E-state index in [4.69, 9.17) is 5.11 Å². The van der Waals surface area contributed by atoms with Crippen molar-refractivity contribution in [2.75, 3.05) is 16.9 Å². The molecule has 0 aliphatic rings. The molecule has 1 amide bonds. The van der Waals surface area contributed by atoms with E-state index in [1.54, 1.807) is 24.5 Å². The molecule has 170 valence electrons. The number of hydrogen-bond donors (Lipinski definition) is 3. The Hall–Kier alpha value is -4.09. The monoisotopic (exact) mass is 491 g/mol. The Bertz CT molecular complexity index is 1680. The number of carboxylic acid groups (broad SMARTS) is 1.